The zero-order valence-corrected chi connectivity index (χ0v) is 15.5. The second-order valence-electron chi connectivity index (χ2n) is 6.00. The molecule has 8 nitrogen and oxygen atoms in total. The van der Waals surface area contributed by atoms with Crippen LogP contribution in [0.25, 0.3) is 0 Å². The SMILES string of the molecule is CCC(OC(=O)C1=CN2CCS(=O)(=O)N=C2C=C1)C(=O)Nc1ccccc1. The average Bonchev–Trinajstić information content (AvgIpc) is 2.65. The summed E-state index contributed by atoms with van der Waals surface area (Å²) in [5, 5.41) is 2.71. The number of ether oxygens (including phenoxy) is 1. The van der Waals surface area contributed by atoms with Gasteiger partial charge in [0.2, 0.25) is 0 Å². The van der Waals surface area contributed by atoms with Crippen molar-refractivity contribution in [1.82, 2.24) is 4.90 Å². The van der Waals surface area contributed by atoms with Crippen LogP contribution in [0, 0.1) is 0 Å². The molecule has 2 aliphatic heterocycles. The molecule has 1 aromatic carbocycles. The molecule has 0 saturated carbocycles. The summed E-state index contributed by atoms with van der Waals surface area (Å²) < 4.78 is 32.0. The second kappa shape index (κ2) is 7.75. The number of carbonyl (C=O) groups is 2. The first-order chi connectivity index (χ1) is 12.9. The van der Waals surface area contributed by atoms with Crippen molar-refractivity contribution >= 4 is 33.4 Å². The smallest absolute Gasteiger partial charge is 0.340 e. The van der Waals surface area contributed by atoms with Crippen LogP contribution < -0.4 is 5.32 Å². The van der Waals surface area contributed by atoms with Crippen LogP contribution in [-0.2, 0) is 24.3 Å². The van der Waals surface area contributed by atoms with Crippen molar-refractivity contribution in [1.29, 1.82) is 0 Å². The first-order valence-corrected chi connectivity index (χ1v) is 10.0. The predicted molar refractivity (Wildman–Crippen MR) is 100 cm³/mol. The van der Waals surface area contributed by atoms with Gasteiger partial charge in [-0.2, -0.15) is 0 Å². The Hall–Kier alpha value is -2.94. The monoisotopic (exact) mass is 389 g/mol. The number of hydrogen-bond acceptors (Lipinski definition) is 6. The lowest BCUT2D eigenvalue weighted by molar-refractivity contribution is -0.150. The van der Waals surface area contributed by atoms with E-state index in [1.165, 1.54) is 18.4 Å². The van der Waals surface area contributed by atoms with E-state index >= 15 is 0 Å². The Morgan fingerprint density at radius 3 is 2.70 bits per heavy atom. The Morgan fingerprint density at radius 2 is 2.00 bits per heavy atom. The predicted octanol–water partition coefficient (Wildman–Crippen LogP) is 1.44. The molecule has 9 heteroatoms. The highest BCUT2D eigenvalue weighted by molar-refractivity contribution is 7.90. The third kappa shape index (κ3) is 4.62. The number of nitrogens with zero attached hydrogens (tertiary/aromatic N) is 2. The molecule has 2 aliphatic rings. The highest BCUT2D eigenvalue weighted by Gasteiger charge is 2.27. The minimum absolute atomic E-state index is 0.125. The van der Waals surface area contributed by atoms with E-state index in [1.807, 2.05) is 6.07 Å². The summed E-state index contributed by atoms with van der Waals surface area (Å²) in [5.41, 5.74) is 0.836. The number of rotatable bonds is 5. The number of amidine groups is 1. The average molecular weight is 389 g/mol. The molecule has 1 N–H and O–H groups in total. The van der Waals surface area contributed by atoms with E-state index in [0.717, 1.165) is 0 Å². The molecule has 0 fully saturated rings. The molecule has 0 aromatic heterocycles. The highest BCUT2D eigenvalue weighted by Crippen LogP contribution is 2.18. The zero-order chi connectivity index (χ0) is 19.4. The molecule has 3 rings (SSSR count). The number of fused-ring (bicyclic) bond motifs is 1. The van der Waals surface area contributed by atoms with Crippen molar-refractivity contribution < 1.29 is 22.7 Å². The van der Waals surface area contributed by atoms with Crippen LogP contribution in [0.5, 0.6) is 0 Å². The number of sulfonamides is 1. The second-order valence-corrected chi connectivity index (χ2v) is 7.76. The van der Waals surface area contributed by atoms with E-state index in [2.05, 4.69) is 9.71 Å². The van der Waals surface area contributed by atoms with Crippen molar-refractivity contribution in [3.8, 4) is 0 Å². The summed E-state index contributed by atoms with van der Waals surface area (Å²) in [7, 11) is -3.46. The standard InChI is InChI=1S/C18H19N3O5S/c1-2-15(17(22)19-14-6-4-3-5-7-14)26-18(23)13-8-9-16-20-27(24,25)11-10-21(16)12-13/h3-9,12,15H,2,10-11H2,1H3,(H,19,22). The normalized spacial score (nSPS) is 18.6. The van der Waals surface area contributed by atoms with Crippen LogP contribution in [0.2, 0.25) is 0 Å². The molecule has 2 heterocycles. The molecule has 0 spiro atoms. The topological polar surface area (TPSA) is 105 Å². The Kier molecular flexibility index (Phi) is 5.41. The molecule has 0 saturated heterocycles. The lowest BCUT2D eigenvalue weighted by Crippen LogP contribution is -2.38. The molecule has 1 aromatic rings. The molecule has 1 unspecified atom stereocenters. The molecular weight excluding hydrogens is 370 g/mol. The van der Waals surface area contributed by atoms with E-state index in [0.29, 0.717) is 12.1 Å². The Morgan fingerprint density at radius 1 is 1.26 bits per heavy atom. The summed E-state index contributed by atoms with van der Waals surface area (Å²) in [6.45, 7) is 1.95. The fourth-order valence-corrected chi connectivity index (χ4v) is 3.55. The van der Waals surface area contributed by atoms with Crippen molar-refractivity contribution in [2.45, 2.75) is 19.4 Å². The number of nitrogens with one attached hydrogen (secondary N) is 1. The molecule has 27 heavy (non-hydrogen) atoms. The van der Waals surface area contributed by atoms with Crippen LogP contribution in [-0.4, -0.2) is 49.4 Å². The van der Waals surface area contributed by atoms with Gasteiger partial charge in [-0.1, -0.05) is 25.1 Å². The number of amides is 1. The van der Waals surface area contributed by atoms with E-state index in [4.69, 9.17) is 4.74 Å². The first-order valence-electron chi connectivity index (χ1n) is 8.44. The maximum Gasteiger partial charge on any atom is 0.340 e. The Bertz CT molecular complexity index is 935. The maximum absolute atomic E-state index is 12.4. The number of anilines is 1. The fourth-order valence-electron chi connectivity index (χ4n) is 2.59. The molecular formula is C18H19N3O5S. The van der Waals surface area contributed by atoms with Crippen molar-refractivity contribution in [3.63, 3.8) is 0 Å². The van der Waals surface area contributed by atoms with Crippen LogP contribution in [0.1, 0.15) is 13.3 Å². The number of esters is 1. The van der Waals surface area contributed by atoms with E-state index in [1.54, 1.807) is 36.1 Å². The molecule has 0 bridgehead atoms. The molecule has 142 valence electrons. The third-order valence-corrected chi connectivity index (χ3v) is 5.18. The van der Waals surface area contributed by atoms with Crippen molar-refractivity contribution in [2.75, 3.05) is 17.6 Å². The van der Waals surface area contributed by atoms with Gasteiger partial charge < -0.3 is 15.0 Å². The van der Waals surface area contributed by atoms with Gasteiger partial charge in [0.25, 0.3) is 15.9 Å². The van der Waals surface area contributed by atoms with Crippen LogP contribution in [0.4, 0.5) is 5.69 Å². The quantitative estimate of drug-likeness (QED) is 0.764. The number of para-hydroxylation sites is 1. The number of carbonyl (C=O) groups excluding carboxylic acids is 2. The van der Waals surface area contributed by atoms with Crippen LogP contribution >= 0.6 is 0 Å². The van der Waals surface area contributed by atoms with Gasteiger partial charge in [-0.05, 0) is 30.7 Å². The van der Waals surface area contributed by atoms with Crippen molar-refractivity contribution in [3.05, 3.63) is 54.3 Å². The Balaban J connectivity index is 1.66. The van der Waals surface area contributed by atoms with Gasteiger partial charge in [0, 0.05) is 18.4 Å². The lowest BCUT2D eigenvalue weighted by atomic mass is 10.2. The van der Waals surface area contributed by atoms with E-state index in [-0.39, 0.29) is 23.7 Å². The Labute approximate surface area is 157 Å². The van der Waals surface area contributed by atoms with E-state index < -0.39 is 28.0 Å². The molecule has 0 aliphatic carbocycles. The zero-order valence-electron chi connectivity index (χ0n) is 14.7. The summed E-state index contributed by atoms with van der Waals surface area (Å²) in [4.78, 5) is 26.3. The van der Waals surface area contributed by atoms with Gasteiger partial charge in [-0.15, -0.1) is 4.40 Å². The molecule has 1 atom stereocenters. The van der Waals surface area contributed by atoms with Gasteiger partial charge in [-0.3, -0.25) is 4.79 Å². The lowest BCUT2D eigenvalue weighted by Gasteiger charge is -2.27. The van der Waals surface area contributed by atoms with E-state index in [9.17, 15) is 18.0 Å². The highest BCUT2D eigenvalue weighted by atomic mass is 32.2. The van der Waals surface area contributed by atoms with Crippen LogP contribution in [0.15, 0.2) is 58.7 Å². The maximum atomic E-state index is 12.4. The van der Waals surface area contributed by atoms with Gasteiger partial charge in [0.1, 0.15) is 5.84 Å². The minimum Gasteiger partial charge on any atom is -0.449 e. The number of benzene rings is 1. The summed E-state index contributed by atoms with van der Waals surface area (Å²) >= 11 is 0. The van der Waals surface area contributed by atoms with Crippen LogP contribution in [0.3, 0.4) is 0 Å². The first kappa shape index (κ1) is 18.8. The molecule has 0 radical (unpaired) electrons. The summed E-state index contributed by atoms with van der Waals surface area (Å²) in [5.74, 6) is -0.940. The number of hydrogen-bond donors (Lipinski definition) is 1. The fraction of sp³-hybridized carbons (Fsp3) is 0.278. The van der Waals surface area contributed by atoms with Crippen molar-refractivity contribution in [2.24, 2.45) is 4.40 Å². The third-order valence-electron chi connectivity index (χ3n) is 4.01. The van der Waals surface area contributed by atoms with Gasteiger partial charge in [0.15, 0.2) is 6.10 Å². The minimum atomic E-state index is -3.46. The summed E-state index contributed by atoms with van der Waals surface area (Å²) in [6.07, 6.45) is 3.73. The van der Waals surface area contributed by atoms with Gasteiger partial charge in [-0.25, -0.2) is 13.2 Å². The van der Waals surface area contributed by atoms with Gasteiger partial charge in [0.05, 0.1) is 11.3 Å². The summed E-state index contributed by atoms with van der Waals surface area (Å²) in [6, 6.07) is 8.89. The largest absolute Gasteiger partial charge is 0.449 e. The molecule has 1 amide bonds. The van der Waals surface area contributed by atoms with Gasteiger partial charge >= 0.3 is 5.97 Å².